The number of rotatable bonds is 7. The molecule has 1 saturated carbocycles. The van der Waals surface area contributed by atoms with Crippen LogP contribution in [0.3, 0.4) is 0 Å². The number of thiophene rings is 1. The lowest BCUT2D eigenvalue weighted by atomic mass is 10.1. The molecule has 20 heavy (non-hydrogen) atoms. The van der Waals surface area contributed by atoms with Crippen molar-refractivity contribution in [3.63, 3.8) is 0 Å². The Hall–Kier alpha value is -0.430. The Morgan fingerprint density at radius 1 is 1.40 bits per heavy atom. The first kappa shape index (κ1) is 15.9. The minimum atomic E-state index is -3.36. The van der Waals surface area contributed by atoms with Gasteiger partial charge in [0.2, 0.25) is 10.0 Å². The minimum Gasteiger partial charge on any atom is -0.312 e. The highest BCUT2D eigenvalue weighted by atomic mass is 32.2. The summed E-state index contributed by atoms with van der Waals surface area (Å²) in [6.45, 7) is 6.28. The van der Waals surface area contributed by atoms with Crippen LogP contribution < -0.4 is 10.0 Å². The van der Waals surface area contributed by atoms with E-state index in [2.05, 4.69) is 17.0 Å². The first-order valence-corrected chi connectivity index (χ1v) is 9.66. The van der Waals surface area contributed by atoms with Gasteiger partial charge < -0.3 is 5.32 Å². The summed E-state index contributed by atoms with van der Waals surface area (Å²) < 4.78 is 27.6. The molecule has 0 saturated heterocycles. The van der Waals surface area contributed by atoms with Crippen LogP contribution in [0.2, 0.25) is 0 Å². The molecule has 0 aromatic carbocycles. The highest BCUT2D eigenvalue weighted by Gasteiger charge is 2.25. The fourth-order valence-corrected chi connectivity index (χ4v) is 5.28. The predicted octanol–water partition coefficient (Wildman–Crippen LogP) is 2.57. The average Bonchev–Trinajstić information content (AvgIpc) is 3.03. The second-order valence-electron chi connectivity index (χ2n) is 5.62. The molecule has 2 N–H and O–H groups in total. The molecule has 0 bridgehead atoms. The lowest BCUT2D eigenvalue weighted by Gasteiger charge is -2.12. The summed E-state index contributed by atoms with van der Waals surface area (Å²) in [6, 6.07) is 1.71. The first-order chi connectivity index (χ1) is 9.53. The van der Waals surface area contributed by atoms with Gasteiger partial charge in [0, 0.05) is 18.0 Å². The molecule has 1 aromatic heterocycles. The lowest BCUT2D eigenvalue weighted by Crippen LogP contribution is -2.29. The Labute approximate surface area is 126 Å². The summed E-state index contributed by atoms with van der Waals surface area (Å²) >= 11 is 1.49. The maximum absolute atomic E-state index is 12.4. The number of hydrogen-bond acceptors (Lipinski definition) is 4. The molecule has 1 aliphatic rings. The van der Waals surface area contributed by atoms with E-state index in [1.165, 1.54) is 17.8 Å². The third-order valence-corrected chi connectivity index (χ3v) is 6.45. The fourth-order valence-electron chi connectivity index (χ4n) is 2.75. The minimum absolute atomic E-state index is 0.439. The molecule has 0 radical (unpaired) electrons. The Bertz CT molecular complexity index is 525. The smallest absolute Gasteiger partial charge is 0.241 e. The monoisotopic (exact) mass is 316 g/mol. The van der Waals surface area contributed by atoms with Gasteiger partial charge in [-0.1, -0.05) is 20.3 Å². The van der Waals surface area contributed by atoms with Crippen molar-refractivity contribution in [3.05, 3.63) is 16.3 Å². The van der Waals surface area contributed by atoms with Gasteiger partial charge in [-0.2, -0.15) is 0 Å². The molecule has 2 unspecified atom stereocenters. The number of hydrogen-bond donors (Lipinski definition) is 2. The normalized spacial score (nSPS) is 23.3. The molecular formula is C14H24N2O2S2. The molecule has 2 atom stereocenters. The molecule has 1 aliphatic carbocycles. The van der Waals surface area contributed by atoms with E-state index in [-0.39, 0.29) is 0 Å². The van der Waals surface area contributed by atoms with Crippen molar-refractivity contribution in [1.29, 1.82) is 0 Å². The van der Waals surface area contributed by atoms with Gasteiger partial charge in [0.05, 0.1) is 4.90 Å². The second kappa shape index (κ2) is 7.02. The van der Waals surface area contributed by atoms with E-state index in [4.69, 9.17) is 0 Å². The SMILES string of the molecule is CCNCc1sccc1S(=O)(=O)NCC1CCC(C)C1. The topological polar surface area (TPSA) is 58.2 Å². The molecule has 0 amide bonds. The highest BCUT2D eigenvalue weighted by Crippen LogP contribution is 2.30. The predicted molar refractivity (Wildman–Crippen MR) is 83.4 cm³/mol. The summed E-state index contributed by atoms with van der Waals surface area (Å²) in [4.78, 5) is 1.33. The summed E-state index contributed by atoms with van der Waals surface area (Å²) in [5.74, 6) is 1.23. The third kappa shape index (κ3) is 4.04. The van der Waals surface area contributed by atoms with Crippen LogP contribution in [0.4, 0.5) is 0 Å². The molecule has 1 aromatic rings. The van der Waals surface area contributed by atoms with Crippen molar-refractivity contribution in [1.82, 2.24) is 10.0 Å². The van der Waals surface area contributed by atoms with Crippen LogP contribution in [0.1, 0.15) is 38.0 Å². The van der Waals surface area contributed by atoms with Crippen molar-refractivity contribution in [3.8, 4) is 0 Å². The van der Waals surface area contributed by atoms with Gasteiger partial charge >= 0.3 is 0 Å². The first-order valence-electron chi connectivity index (χ1n) is 7.29. The van der Waals surface area contributed by atoms with Gasteiger partial charge in [0.1, 0.15) is 0 Å². The maximum Gasteiger partial charge on any atom is 0.241 e. The molecule has 1 heterocycles. The standard InChI is InChI=1S/C14H24N2O2S2/c1-3-15-10-13-14(6-7-19-13)20(17,18)16-9-12-5-4-11(2)8-12/h6-7,11-12,15-16H,3-5,8-10H2,1-2H3. The van der Waals surface area contributed by atoms with E-state index in [1.807, 2.05) is 12.3 Å². The summed E-state index contributed by atoms with van der Waals surface area (Å²) in [5.41, 5.74) is 0. The zero-order valence-corrected chi connectivity index (χ0v) is 13.8. The van der Waals surface area contributed by atoms with Gasteiger partial charge in [-0.05, 0) is 42.7 Å². The maximum atomic E-state index is 12.4. The van der Waals surface area contributed by atoms with Crippen molar-refractivity contribution in [2.75, 3.05) is 13.1 Å². The molecule has 114 valence electrons. The largest absolute Gasteiger partial charge is 0.312 e. The van der Waals surface area contributed by atoms with Crippen LogP contribution >= 0.6 is 11.3 Å². The van der Waals surface area contributed by atoms with Gasteiger partial charge in [0.25, 0.3) is 0 Å². The summed E-state index contributed by atoms with van der Waals surface area (Å²) in [7, 11) is -3.36. The van der Waals surface area contributed by atoms with E-state index in [1.54, 1.807) is 6.07 Å². The lowest BCUT2D eigenvalue weighted by molar-refractivity contribution is 0.498. The van der Waals surface area contributed by atoms with Crippen LogP contribution in [0.25, 0.3) is 0 Å². The Balaban J connectivity index is 1.97. The molecule has 0 spiro atoms. The molecule has 1 fully saturated rings. The molecule has 4 nitrogen and oxygen atoms in total. The van der Waals surface area contributed by atoms with Crippen LogP contribution in [0.15, 0.2) is 16.3 Å². The van der Waals surface area contributed by atoms with Crippen LogP contribution in [0.5, 0.6) is 0 Å². The number of sulfonamides is 1. The zero-order valence-electron chi connectivity index (χ0n) is 12.2. The van der Waals surface area contributed by atoms with Gasteiger partial charge in [-0.3, -0.25) is 0 Å². The van der Waals surface area contributed by atoms with E-state index < -0.39 is 10.0 Å². The quantitative estimate of drug-likeness (QED) is 0.813. The van der Waals surface area contributed by atoms with E-state index in [0.29, 0.717) is 23.9 Å². The molecule has 6 heteroatoms. The average molecular weight is 316 g/mol. The Morgan fingerprint density at radius 2 is 2.20 bits per heavy atom. The Morgan fingerprint density at radius 3 is 2.85 bits per heavy atom. The molecular weight excluding hydrogens is 292 g/mol. The molecule has 0 aliphatic heterocycles. The van der Waals surface area contributed by atoms with E-state index in [9.17, 15) is 8.42 Å². The number of nitrogens with one attached hydrogen (secondary N) is 2. The Kier molecular flexibility index (Phi) is 5.60. The molecule has 2 rings (SSSR count). The van der Waals surface area contributed by atoms with E-state index in [0.717, 1.165) is 30.2 Å². The second-order valence-corrected chi connectivity index (χ2v) is 8.36. The zero-order chi connectivity index (χ0) is 14.6. The van der Waals surface area contributed by atoms with Gasteiger partial charge in [0.15, 0.2) is 0 Å². The van der Waals surface area contributed by atoms with Gasteiger partial charge in [-0.25, -0.2) is 13.1 Å². The van der Waals surface area contributed by atoms with Gasteiger partial charge in [-0.15, -0.1) is 11.3 Å². The van der Waals surface area contributed by atoms with Crippen molar-refractivity contribution >= 4 is 21.4 Å². The van der Waals surface area contributed by atoms with Crippen molar-refractivity contribution in [2.45, 2.75) is 44.6 Å². The van der Waals surface area contributed by atoms with Crippen LogP contribution in [-0.4, -0.2) is 21.5 Å². The van der Waals surface area contributed by atoms with Crippen LogP contribution in [0, 0.1) is 11.8 Å². The fraction of sp³-hybridized carbons (Fsp3) is 0.714. The highest BCUT2D eigenvalue weighted by molar-refractivity contribution is 7.89. The summed E-state index contributed by atoms with van der Waals surface area (Å²) in [5, 5.41) is 5.03. The third-order valence-electron chi connectivity index (χ3n) is 3.90. The summed E-state index contributed by atoms with van der Waals surface area (Å²) in [6.07, 6.45) is 3.49. The van der Waals surface area contributed by atoms with Crippen LogP contribution in [-0.2, 0) is 16.6 Å². The van der Waals surface area contributed by atoms with Crippen molar-refractivity contribution in [2.24, 2.45) is 11.8 Å². The van der Waals surface area contributed by atoms with Crippen molar-refractivity contribution < 1.29 is 8.42 Å². The van der Waals surface area contributed by atoms with E-state index >= 15 is 0 Å².